The van der Waals surface area contributed by atoms with Crippen molar-refractivity contribution in [3.05, 3.63) is 0 Å². The van der Waals surface area contributed by atoms with E-state index in [0.29, 0.717) is 0 Å². The van der Waals surface area contributed by atoms with Gasteiger partial charge in [-0.2, -0.15) is 5.26 Å². The summed E-state index contributed by atoms with van der Waals surface area (Å²) in [5.74, 6) is 0. The Bertz CT molecular complexity index is 98.7. The molecule has 4 nitrogen and oxygen atoms in total. The molecule has 0 aromatic heterocycles. The molecule has 0 saturated heterocycles. The van der Waals surface area contributed by atoms with Crippen LogP contribution < -0.4 is 5.73 Å². The minimum atomic E-state index is -1.25. The van der Waals surface area contributed by atoms with E-state index in [0.717, 1.165) is 0 Å². The van der Waals surface area contributed by atoms with E-state index < -0.39 is 12.1 Å². The quantitative estimate of drug-likeness (QED) is 0.371. The SMILES string of the molecule is N#CC(O)[C@@H](N)CO. The Morgan fingerprint density at radius 3 is 2.38 bits per heavy atom. The van der Waals surface area contributed by atoms with Crippen LogP contribution in [0.4, 0.5) is 0 Å². The van der Waals surface area contributed by atoms with Crippen LogP contribution in [0.2, 0.25) is 0 Å². The summed E-state index contributed by atoms with van der Waals surface area (Å²) < 4.78 is 0. The van der Waals surface area contributed by atoms with Crippen LogP contribution in [0.3, 0.4) is 0 Å². The molecule has 0 aliphatic heterocycles. The topological polar surface area (TPSA) is 90.3 Å². The molecule has 0 aromatic carbocycles. The van der Waals surface area contributed by atoms with E-state index in [4.69, 9.17) is 21.2 Å². The summed E-state index contributed by atoms with van der Waals surface area (Å²) in [5, 5.41) is 24.6. The zero-order valence-corrected chi connectivity index (χ0v) is 4.28. The molecule has 0 saturated carbocycles. The fourth-order valence-corrected chi connectivity index (χ4v) is 0.196. The van der Waals surface area contributed by atoms with Gasteiger partial charge in [-0.15, -0.1) is 0 Å². The highest BCUT2D eigenvalue weighted by atomic mass is 16.3. The molecule has 0 aliphatic carbocycles. The molecule has 0 rings (SSSR count). The highest BCUT2D eigenvalue weighted by molar-refractivity contribution is 4.89. The monoisotopic (exact) mass is 116 g/mol. The van der Waals surface area contributed by atoms with E-state index in [1.165, 1.54) is 6.07 Å². The fourth-order valence-electron chi connectivity index (χ4n) is 0.196. The molecule has 0 heterocycles. The predicted octanol–water partition coefficient (Wildman–Crippen LogP) is -1.81. The zero-order valence-electron chi connectivity index (χ0n) is 4.28. The van der Waals surface area contributed by atoms with Crippen molar-refractivity contribution in [3.63, 3.8) is 0 Å². The molecule has 1 unspecified atom stereocenters. The van der Waals surface area contributed by atoms with Gasteiger partial charge in [-0.1, -0.05) is 0 Å². The van der Waals surface area contributed by atoms with Gasteiger partial charge in [0.1, 0.15) is 0 Å². The number of nitrogens with two attached hydrogens (primary N) is 1. The van der Waals surface area contributed by atoms with Crippen molar-refractivity contribution in [2.45, 2.75) is 12.1 Å². The van der Waals surface area contributed by atoms with Gasteiger partial charge < -0.3 is 15.9 Å². The molecule has 0 amide bonds. The van der Waals surface area contributed by atoms with Crippen LogP contribution in [0.25, 0.3) is 0 Å². The number of hydrogen-bond acceptors (Lipinski definition) is 4. The van der Waals surface area contributed by atoms with E-state index in [1.54, 1.807) is 0 Å². The lowest BCUT2D eigenvalue weighted by Crippen LogP contribution is -2.36. The second-order valence-corrected chi connectivity index (χ2v) is 1.42. The molecular weight excluding hydrogens is 108 g/mol. The van der Waals surface area contributed by atoms with E-state index >= 15 is 0 Å². The third-order valence-corrected chi connectivity index (χ3v) is 0.749. The van der Waals surface area contributed by atoms with E-state index in [-0.39, 0.29) is 6.61 Å². The van der Waals surface area contributed by atoms with Gasteiger partial charge in [0.15, 0.2) is 6.10 Å². The van der Waals surface area contributed by atoms with E-state index in [9.17, 15) is 0 Å². The summed E-state index contributed by atoms with van der Waals surface area (Å²) >= 11 is 0. The van der Waals surface area contributed by atoms with Crippen molar-refractivity contribution in [2.75, 3.05) is 6.61 Å². The molecule has 0 radical (unpaired) electrons. The van der Waals surface area contributed by atoms with Gasteiger partial charge in [-0.25, -0.2) is 0 Å². The smallest absolute Gasteiger partial charge is 0.157 e. The maximum atomic E-state index is 8.48. The number of aliphatic hydroxyl groups excluding tert-OH is 2. The third kappa shape index (κ3) is 1.89. The number of nitriles is 1. The molecule has 4 N–H and O–H groups in total. The van der Waals surface area contributed by atoms with Gasteiger partial charge >= 0.3 is 0 Å². The molecule has 0 fully saturated rings. The summed E-state index contributed by atoms with van der Waals surface area (Å²) in [4.78, 5) is 0. The molecule has 46 valence electrons. The molecule has 0 aliphatic rings. The fraction of sp³-hybridized carbons (Fsp3) is 0.750. The Balaban J connectivity index is 3.49. The normalized spacial score (nSPS) is 16.8. The maximum absolute atomic E-state index is 8.48. The molecule has 0 aromatic rings. The first-order chi connectivity index (χ1) is 3.72. The summed E-state index contributed by atoms with van der Waals surface area (Å²) in [5.41, 5.74) is 5.00. The van der Waals surface area contributed by atoms with Crippen molar-refractivity contribution in [1.82, 2.24) is 0 Å². The van der Waals surface area contributed by atoms with Gasteiger partial charge in [-0.05, 0) is 0 Å². The van der Waals surface area contributed by atoms with Crippen LogP contribution in [0.15, 0.2) is 0 Å². The van der Waals surface area contributed by atoms with Gasteiger partial charge in [0.25, 0.3) is 0 Å². The Morgan fingerprint density at radius 2 is 2.25 bits per heavy atom. The van der Waals surface area contributed by atoms with Crippen molar-refractivity contribution < 1.29 is 10.2 Å². The van der Waals surface area contributed by atoms with Crippen LogP contribution in [-0.2, 0) is 0 Å². The molecule has 2 atom stereocenters. The Labute approximate surface area is 47.2 Å². The van der Waals surface area contributed by atoms with E-state index in [1.807, 2.05) is 0 Å². The zero-order chi connectivity index (χ0) is 6.57. The van der Waals surface area contributed by atoms with Crippen LogP contribution >= 0.6 is 0 Å². The maximum Gasteiger partial charge on any atom is 0.157 e. The van der Waals surface area contributed by atoms with Crippen LogP contribution in [-0.4, -0.2) is 29.0 Å². The molecule has 0 bridgehead atoms. The lowest BCUT2D eigenvalue weighted by molar-refractivity contribution is 0.149. The van der Waals surface area contributed by atoms with Gasteiger partial charge in [0.2, 0.25) is 0 Å². The van der Waals surface area contributed by atoms with Crippen LogP contribution in [0.1, 0.15) is 0 Å². The molecular formula is C4H8N2O2. The predicted molar refractivity (Wildman–Crippen MR) is 26.7 cm³/mol. The average molecular weight is 116 g/mol. The van der Waals surface area contributed by atoms with Gasteiger partial charge in [0, 0.05) is 0 Å². The second kappa shape index (κ2) is 3.38. The highest BCUT2D eigenvalue weighted by Gasteiger charge is 2.10. The standard InChI is InChI=1S/C4H8N2O2/c5-1-4(8)3(6)2-7/h3-4,7-8H,2,6H2/t3-,4?/m0/s1. The molecule has 4 heteroatoms. The largest absolute Gasteiger partial charge is 0.395 e. The first-order valence-electron chi connectivity index (χ1n) is 2.16. The first-order valence-corrected chi connectivity index (χ1v) is 2.16. The minimum Gasteiger partial charge on any atom is -0.395 e. The summed E-state index contributed by atoms with van der Waals surface area (Å²) in [6.45, 7) is -0.366. The number of nitrogens with zero attached hydrogens (tertiary/aromatic N) is 1. The third-order valence-electron chi connectivity index (χ3n) is 0.749. The minimum absolute atomic E-state index is 0.366. The molecule has 8 heavy (non-hydrogen) atoms. The Morgan fingerprint density at radius 1 is 1.75 bits per heavy atom. The first kappa shape index (κ1) is 7.37. The number of hydrogen-bond donors (Lipinski definition) is 3. The van der Waals surface area contributed by atoms with Gasteiger partial charge in [0.05, 0.1) is 18.7 Å². The van der Waals surface area contributed by atoms with Crippen molar-refractivity contribution >= 4 is 0 Å². The Hall–Kier alpha value is -0.630. The number of aliphatic hydroxyl groups is 2. The van der Waals surface area contributed by atoms with E-state index in [2.05, 4.69) is 0 Å². The molecule has 0 spiro atoms. The average Bonchev–Trinajstić information content (AvgIpc) is 1.84. The van der Waals surface area contributed by atoms with Crippen LogP contribution in [0.5, 0.6) is 0 Å². The van der Waals surface area contributed by atoms with Gasteiger partial charge in [-0.3, -0.25) is 0 Å². The van der Waals surface area contributed by atoms with Crippen LogP contribution in [0, 0.1) is 11.3 Å². The number of rotatable bonds is 2. The van der Waals surface area contributed by atoms with Crippen molar-refractivity contribution in [2.24, 2.45) is 5.73 Å². The summed E-state index contributed by atoms with van der Waals surface area (Å²) in [7, 11) is 0. The summed E-state index contributed by atoms with van der Waals surface area (Å²) in [6.07, 6.45) is -1.25. The van der Waals surface area contributed by atoms with Crippen molar-refractivity contribution in [1.29, 1.82) is 5.26 Å². The lowest BCUT2D eigenvalue weighted by atomic mass is 10.2. The lowest BCUT2D eigenvalue weighted by Gasteiger charge is -2.06. The highest BCUT2D eigenvalue weighted by Crippen LogP contribution is 1.83. The summed E-state index contributed by atoms with van der Waals surface area (Å²) in [6, 6.07) is 0.653. The Kier molecular flexibility index (Phi) is 3.12. The second-order valence-electron chi connectivity index (χ2n) is 1.42. The van der Waals surface area contributed by atoms with Crippen molar-refractivity contribution in [3.8, 4) is 6.07 Å².